The summed E-state index contributed by atoms with van der Waals surface area (Å²) in [5.74, 6) is -0.0186. The fraction of sp³-hybridized carbons (Fsp3) is 0.133. The second-order valence-electron chi connectivity index (χ2n) is 4.30. The van der Waals surface area contributed by atoms with Gasteiger partial charge in [-0.2, -0.15) is 0 Å². The number of nitrogens with one attached hydrogen (secondary N) is 1. The Morgan fingerprint density at radius 2 is 1.89 bits per heavy atom. The van der Waals surface area contributed by atoms with Crippen molar-refractivity contribution in [3.63, 3.8) is 0 Å². The van der Waals surface area contributed by atoms with Gasteiger partial charge >= 0.3 is 0 Å². The van der Waals surface area contributed by atoms with Crippen molar-refractivity contribution < 1.29 is 4.79 Å². The highest BCUT2D eigenvalue weighted by atomic mass is 16.1. The highest BCUT2D eigenvalue weighted by Gasteiger charge is 2.05. The van der Waals surface area contributed by atoms with Crippen LogP contribution in [0.25, 0.3) is 0 Å². The molecule has 0 aliphatic heterocycles. The van der Waals surface area contributed by atoms with Gasteiger partial charge in [-0.25, -0.2) is 0 Å². The molecule has 0 spiro atoms. The van der Waals surface area contributed by atoms with Gasteiger partial charge in [0.25, 0.3) is 0 Å². The van der Waals surface area contributed by atoms with E-state index in [0.717, 1.165) is 16.9 Å². The molecule has 0 radical (unpaired) electrons. The quantitative estimate of drug-likeness (QED) is 0.637. The van der Waals surface area contributed by atoms with Crippen LogP contribution in [0.1, 0.15) is 22.8 Å². The van der Waals surface area contributed by atoms with E-state index in [1.165, 1.54) is 6.92 Å². The molecule has 3 N–H and O–H groups in total. The van der Waals surface area contributed by atoms with E-state index < -0.39 is 0 Å². The summed E-state index contributed by atoms with van der Waals surface area (Å²) >= 11 is 0. The molecule has 2 aromatic rings. The molecular formula is C15H16N2O. The summed E-state index contributed by atoms with van der Waals surface area (Å²) in [6, 6.07) is 13.4. The van der Waals surface area contributed by atoms with Crippen LogP contribution in [0.15, 0.2) is 42.5 Å². The number of para-hydroxylation sites is 1. The van der Waals surface area contributed by atoms with Crippen molar-refractivity contribution in [3.8, 4) is 0 Å². The van der Waals surface area contributed by atoms with E-state index in [4.69, 9.17) is 5.73 Å². The van der Waals surface area contributed by atoms with E-state index >= 15 is 0 Å². The molecule has 0 atom stereocenters. The Labute approximate surface area is 107 Å². The van der Waals surface area contributed by atoms with E-state index in [1.54, 1.807) is 12.1 Å². The number of aryl methyl sites for hydroxylation is 1. The Hall–Kier alpha value is -2.29. The number of nitrogen functional groups attached to an aromatic ring is 1. The van der Waals surface area contributed by atoms with Gasteiger partial charge < -0.3 is 11.1 Å². The topological polar surface area (TPSA) is 55.1 Å². The van der Waals surface area contributed by atoms with Gasteiger partial charge in [0.1, 0.15) is 0 Å². The maximum Gasteiger partial charge on any atom is 0.161 e. The third-order valence-electron chi connectivity index (χ3n) is 2.85. The summed E-state index contributed by atoms with van der Waals surface area (Å²) in [7, 11) is 0. The molecule has 3 nitrogen and oxygen atoms in total. The minimum atomic E-state index is -0.0186. The molecule has 0 bridgehead atoms. The molecule has 0 aliphatic rings. The predicted molar refractivity (Wildman–Crippen MR) is 75.3 cm³/mol. The van der Waals surface area contributed by atoms with Crippen LogP contribution in [-0.4, -0.2) is 5.78 Å². The largest absolute Gasteiger partial charge is 0.398 e. The Balaban J connectivity index is 2.29. The average molecular weight is 240 g/mol. The second kappa shape index (κ2) is 4.92. The van der Waals surface area contributed by atoms with Crippen LogP contribution in [0.3, 0.4) is 0 Å². The van der Waals surface area contributed by atoms with E-state index in [-0.39, 0.29) is 5.78 Å². The van der Waals surface area contributed by atoms with Gasteiger partial charge in [0.05, 0.1) is 0 Å². The lowest BCUT2D eigenvalue weighted by Crippen LogP contribution is -2.01. The summed E-state index contributed by atoms with van der Waals surface area (Å²) in [6.07, 6.45) is 0. The lowest BCUT2D eigenvalue weighted by molar-refractivity contribution is 0.101. The highest BCUT2D eigenvalue weighted by molar-refractivity contribution is 5.99. The van der Waals surface area contributed by atoms with Gasteiger partial charge in [0, 0.05) is 22.6 Å². The molecule has 92 valence electrons. The Kier molecular flexibility index (Phi) is 3.33. The first-order valence-corrected chi connectivity index (χ1v) is 5.81. The second-order valence-corrected chi connectivity index (χ2v) is 4.30. The standard InChI is InChI=1S/C15H16N2O/c1-10-5-3-4-6-15(10)17-12-7-8-13(11(2)18)14(16)9-12/h3-9,17H,16H2,1-2H3. The van der Waals surface area contributed by atoms with Gasteiger partial charge in [0.15, 0.2) is 5.78 Å². The van der Waals surface area contributed by atoms with Crippen molar-refractivity contribution in [3.05, 3.63) is 53.6 Å². The smallest absolute Gasteiger partial charge is 0.161 e. The monoisotopic (exact) mass is 240 g/mol. The molecule has 18 heavy (non-hydrogen) atoms. The number of benzene rings is 2. The summed E-state index contributed by atoms with van der Waals surface area (Å²) in [4.78, 5) is 11.3. The number of rotatable bonds is 3. The third-order valence-corrected chi connectivity index (χ3v) is 2.85. The van der Waals surface area contributed by atoms with E-state index in [2.05, 4.69) is 5.32 Å². The van der Waals surface area contributed by atoms with Crippen LogP contribution >= 0.6 is 0 Å². The summed E-state index contributed by atoms with van der Waals surface area (Å²) in [6.45, 7) is 3.55. The number of carbonyl (C=O) groups is 1. The van der Waals surface area contributed by atoms with Crippen molar-refractivity contribution in [2.75, 3.05) is 11.1 Å². The van der Waals surface area contributed by atoms with Crippen LogP contribution in [-0.2, 0) is 0 Å². The summed E-state index contributed by atoms with van der Waals surface area (Å²) < 4.78 is 0. The Morgan fingerprint density at radius 3 is 2.50 bits per heavy atom. The van der Waals surface area contributed by atoms with Crippen molar-refractivity contribution in [1.29, 1.82) is 0 Å². The Morgan fingerprint density at radius 1 is 1.17 bits per heavy atom. The molecule has 2 rings (SSSR count). The third kappa shape index (κ3) is 2.51. The first-order valence-electron chi connectivity index (χ1n) is 5.81. The molecular weight excluding hydrogens is 224 g/mol. The van der Waals surface area contributed by atoms with Crippen LogP contribution in [0.2, 0.25) is 0 Å². The van der Waals surface area contributed by atoms with Crippen molar-refractivity contribution in [2.45, 2.75) is 13.8 Å². The fourth-order valence-corrected chi connectivity index (χ4v) is 1.83. The molecule has 0 saturated heterocycles. The minimum absolute atomic E-state index is 0.0186. The van der Waals surface area contributed by atoms with Crippen LogP contribution in [0, 0.1) is 6.92 Å². The molecule has 2 aromatic carbocycles. The zero-order chi connectivity index (χ0) is 13.1. The molecule has 3 heteroatoms. The van der Waals surface area contributed by atoms with Crippen LogP contribution in [0.4, 0.5) is 17.1 Å². The van der Waals surface area contributed by atoms with E-state index in [1.807, 2.05) is 37.3 Å². The van der Waals surface area contributed by atoms with Gasteiger partial charge in [-0.3, -0.25) is 4.79 Å². The lowest BCUT2D eigenvalue weighted by atomic mass is 10.1. The summed E-state index contributed by atoms with van der Waals surface area (Å²) in [5.41, 5.74) is 9.99. The fourth-order valence-electron chi connectivity index (χ4n) is 1.83. The number of anilines is 3. The van der Waals surface area contributed by atoms with Gasteiger partial charge in [-0.1, -0.05) is 18.2 Å². The normalized spacial score (nSPS) is 10.1. The first kappa shape index (κ1) is 12.2. The van der Waals surface area contributed by atoms with E-state index in [0.29, 0.717) is 11.3 Å². The Bertz CT molecular complexity index is 591. The molecule has 0 aliphatic carbocycles. The van der Waals surface area contributed by atoms with Gasteiger partial charge in [0.2, 0.25) is 0 Å². The number of nitrogens with two attached hydrogens (primary N) is 1. The van der Waals surface area contributed by atoms with Crippen LogP contribution < -0.4 is 11.1 Å². The maximum atomic E-state index is 11.3. The van der Waals surface area contributed by atoms with Crippen molar-refractivity contribution in [1.82, 2.24) is 0 Å². The number of ketones is 1. The molecule has 0 unspecified atom stereocenters. The number of hydrogen-bond acceptors (Lipinski definition) is 3. The first-order chi connectivity index (χ1) is 8.58. The highest BCUT2D eigenvalue weighted by Crippen LogP contribution is 2.23. The SMILES string of the molecule is CC(=O)c1ccc(Nc2ccccc2C)cc1N. The zero-order valence-corrected chi connectivity index (χ0v) is 10.5. The van der Waals surface area contributed by atoms with Crippen molar-refractivity contribution in [2.24, 2.45) is 0 Å². The van der Waals surface area contributed by atoms with Crippen molar-refractivity contribution >= 4 is 22.8 Å². The number of Topliss-reactive ketones (excluding diaryl/α,β-unsaturated/α-hetero) is 1. The minimum Gasteiger partial charge on any atom is -0.398 e. The molecule has 0 heterocycles. The maximum absolute atomic E-state index is 11.3. The van der Waals surface area contributed by atoms with Crippen LogP contribution in [0.5, 0.6) is 0 Å². The molecule has 0 fully saturated rings. The van der Waals surface area contributed by atoms with E-state index in [9.17, 15) is 4.79 Å². The average Bonchev–Trinajstić information content (AvgIpc) is 2.32. The van der Waals surface area contributed by atoms with Gasteiger partial charge in [-0.15, -0.1) is 0 Å². The molecule has 0 amide bonds. The lowest BCUT2D eigenvalue weighted by Gasteiger charge is -2.11. The predicted octanol–water partition coefficient (Wildman–Crippen LogP) is 3.52. The number of hydrogen-bond donors (Lipinski definition) is 2. The molecule has 0 aromatic heterocycles. The van der Waals surface area contributed by atoms with Gasteiger partial charge in [-0.05, 0) is 43.7 Å². The zero-order valence-electron chi connectivity index (χ0n) is 10.5. The molecule has 0 saturated carbocycles. The summed E-state index contributed by atoms with van der Waals surface area (Å²) in [5, 5.41) is 3.29. The number of carbonyl (C=O) groups excluding carboxylic acids is 1.